The maximum Gasteiger partial charge on any atom is 0.303 e. The number of hydrogen-bond acceptors (Lipinski definition) is 4. The molecule has 0 saturated carbocycles. The van der Waals surface area contributed by atoms with E-state index in [-0.39, 0.29) is 12.3 Å². The van der Waals surface area contributed by atoms with E-state index >= 15 is 0 Å². The van der Waals surface area contributed by atoms with Gasteiger partial charge in [-0.15, -0.1) is 0 Å². The van der Waals surface area contributed by atoms with E-state index in [1.807, 2.05) is 6.07 Å². The number of aryl methyl sites for hydroxylation is 2. The van der Waals surface area contributed by atoms with Gasteiger partial charge in [-0.05, 0) is 24.1 Å². The highest BCUT2D eigenvalue weighted by atomic mass is 16.4. The summed E-state index contributed by atoms with van der Waals surface area (Å²) < 4.78 is 0. The van der Waals surface area contributed by atoms with Gasteiger partial charge in [0.2, 0.25) is 5.91 Å². The fourth-order valence-electron chi connectivity index (χ4n) is 1.86. The number of amides is 1. The summed E-state index contributed by atoms with van der Waals surface area (Å²) in [6.45, 7) is 0. The molecular formula is C14H16N4O3. The van der Waals surface area contributed by atoms with Gasteiger partial charge in [-0.25, -0.2) is 4.98 Å². The fraction of sp³-hybridized carbons (Fsp3) is 0.286. The lowest BCUT2D eigenvalue weighted by Gasteiger charge is -2.06. The van der Waals surface area contributed by atoms with Crippen molar-refractivity contribution in [1.29, 1.82) is 0 Å². The number of carboxylic acid groups (broad SMARTS) is 1. The summed E-state index contributed by atoms with van der Waals surface area (Å²) in [6, 6.07) is 7.20. The first-order chi connectivity index (χ1) is 10.1. The second-order valence-electron chi connectivity index (χ2n) is 4.57. The number of carbonyl (C=O) groups excluding carboxylic acids is 1. The zero-order valence-electron chi connectivity index (χ0n) is 11.4. The van der Waals surface area contributed by atoms with Crippen LogP contribution in [0.2, 0.25) is 0 Å². The number of rotatable bonds is 7. The predicted octanol–water partition coefficient (Wildman–Crippen LogP) is 1.39. The van der Waals surface area contributed by atoms with Crippen LogP contribution in [-0.2, 0) is 22.4 Å². The third-order valence-corrected chi connectivity index (χ3v) is 2.89. The Bertz CT molecular complexity index is 610. The molecule has 110 valence electrons. The highest BCUT2D eigenvalue weighted by molar-refractivity contribution is 5.90. The highest BCUT2D eigenvalue weighted by Crippen LogP contribution is 2.13. The zero-order chi connectivity index (χ0) is 15.1. The van der Waals surface area contributed by atoms with Crippen LogP contribution < -0.4 is 5.32 Å². The van der Waals surface area contributed by atoms with Crippen LogP contribution in [0.5, 0.6) is 0 Å². The van der Waals surface area contributed by atoms with Gasteiger partial charge < -0.3 is 10.4 Å². The third-order valence-electron chi connectivity index (χ3n) is 2.89. The molecule has 1 amide bonds. The lowest BCUT2D eigenvalue weighted by atomic mass is 10.1. The minimum Gasteiger partial charge on any atom is -0.481 e. The van der Waals surface area contributed by atoms with E-state index in [9.17, 15) is 9.59 Å². The summed E-state index contributed by atoms with van der Waals surface area (Å²) in [6.07, 6.45) is 2.71. The van der Waals surface area contributed by atoms with Crippen molar-refractivity contribution in [3.05, 3.63) is 42.0 Å². The van der Waals surface area contributed by atoms with Crippen molar-refractivity contribution in [2.24, 2.45) is 0 Å². The van der Waals surface area contributed by atoms with Crippen molar-refractivity contribution in [1.82, 2.24) is 15.2 Å². The van der Waals surface area contributed by atoms with E-state index in [4.69, 9.17) is 5.11 Å². The Morgan fingerprint density at radius 1 is 1.24 bits per heavy atom. The first-order valence-electron chi connectivity index (χ1n) is 6.58. The molecule has 1 heterocycles. The van der Waals surface area contributed by atoms with Crippen LogP contribution in [0.3, 0.4) is 0 Å². The Kier molecular flexibility index (Phi) is 5.03. The molecule has 0 atom stereocenters. The molecule has 21 heavy (non-hydrogen) atoms. The molecule has 0 radical (unpaired) electrons. The Morgan fingerprint density at radius 2 is 2.10 bits per heavy atom. The SMILES string of the molecule is O=C(O)CCc1cccc(NC(=O)CCc2ncn[nH]2)c1. The van der Waals surface area contributed by atoms with Crippen LogP contribution >= 0.6 is 0 Å². The average molecular weight is 288 g/mol. The number of carbonyl (C=O) groups is 2. The highest BCUT2D eigenvalue weighted by Gasteiger charge is 2.06. The number of anilines is 1. The largest absolute Gasteiger partial charge is 0.481 e. The number of H-pyrrole nitrogens is 1. The summed E-state index contributed by atoms with van der Waals surface area (Å²) in [5.74, 6) is -0.293. The molecule has 0 fully saturated rings. The van der Waals surface area contributed by atoms with Crippen molar-refractivity contribution in [2.45, 2.75) is 25.7 Å². The van der Waals surface area contributed by atoms with Crippen molar-refractivity contribution in [3.8, 4) is 0 Å². The second-order valence-corrected chi connectivity index (χ2v) is 4.57. The minimum atomic E-state index is -0.837. The van der Waals surface area contributed by atoms with E-state index < -0.39 is 5.97 Å². The standard InChI is InChI=1S/C14H16N4O3/c19-13(6-5-12-15-9-16-18-12)17-11-3-1-2-10(8-11)4-7-14(20)21/h1-3,8-9H,4-7H2,(H,17,19)(H,20,21)(H,15,16,18). The smallest absolute Gasteiger partial charge is 0.303 e. The number of benzene rings is 1. The first kappa shape index (κ1) is 14.7. The van der Waals surface area contributed by atoms with Gasteiger partial charge in [0.1, 0.15) is 12.2 Å². The molecule has 7 nitrogen and oxygen atoms in total. The molecule has 0 aliphatic heterocycles. The molecule has 7 heteroatoms. The molecule has 0 bridgehead atoms. The molecular weight excluding hydrogens is 272 g/mol. The first-order valence-corrected chi connectivity index (χ1v) is 6.58. The lowest BCUT2D eigenvalue weighted by Crippen LogP contribution is -2.13. The van der Waals surface area contributed by atoms with Crippen molar-refractivity contribution < 1.29 is 14.7 Å². The van der Waals surface area contributed by atoms with Crippen LogP contribution in [-0.4, -0.2) is 32.2 Å². The molecule has 0 saturated heterocycles. The number of nitrogens with zero attached hydrogens (tertiary/aromatic N) is 2. The Morgan fingerprint density at radius 3 is 2.81 bits per heavy atom. The Balaban J connectivity index is 1.85. The Labute approximate surface area is 121 Å². The molecule has 1 aromatic carbocycles. The molecule has 3 N–H and O–H groups in total. The van der Waals surface area contributed by atoms with Crippen LogP contribution in [0, 0.1) is 0 Å². The van der Waals surface area contributed by atoms with Crippen LogP contribution in [0.15, 0.2) is 30.6 Å². The van der Waals surface area contributed by atoms with Gasteiger partial charge in [-0.3, -0.25) is 14.7 Å². The normalized spacial score (nSPS) is 10.3. The summed E-state index contributed by atoms with van der Waals surface area (Å²) >= 11 is 0. The fourth-order valence-corrected chi connectivity index (χ4v) is 1.86. The number of carboxylic acids is 1. The number of nitrogens with one attached hydrogen (secondary N) is 2. The van der Waals surface area contributed by atoms with Crippen molar-refractivity contribution >= 4 is 17.6 Å². The minimum absolute atomic E-state index is 0.0723. The molecule has 0 unspecified atom stereocenters. The van der Waals surface area contributed by atoms with Gasteiger partial charge in [-0.1, -0.05) is 12.1 Å². The van der Waals surface area contributed by atoms with Gasteiger partial charge in [0.25, 0.3) is 0 Å². The summed E-state index contributed by atoms with van der Waals surface area (Å²) in [7, 11) is 0. The second kappa shape index (κ2) is 7.18. The summed E-state index contributed by atoms with van der Waals surface area (Å²) in [5, 5.41) is 17.9. The third kappa shape index (κ3) is 5.06. The van der Waals surface area contributed by atoms with Gasteiger partial charge in [0.15, 0.2) is 0 Å². The maximum atomic E-state index is 11.8. The van der Waals surface area contributed by atoms with Crippen LogP contribution in [0.25, 0.3) is 0 Å². The predicted molar refractivity (Wildman–Crippen MR) is 75.7 cm³/mol. The van der Waals surface area contributed by atoms with Crippen molar-refractivity contribution in [3.63, 3.8) is 0 Å². The molecule has 0 spiro atoms. The summed E-state index contributed by atoms with van der Waals surface area (Å²) in [5.41, 5.74) is 1.55. The van der Waals surface area contributed by atoms with Gasteiger partial charge in [0.05, 0.1) is 0 Å². The van der Waals surface area contributed by atoms with Gasteiger partial charge >= 0.3 is 5.97 Å². The molecule has 2 rings (SSSR count). The Hall–Kier alpha value is -2.70. The average Bonchev–Trinajstić information content (AvgIpc) is 2.97. The lowest BCUT2D eigenvalue weighted by molar-refractivity contribution is -0.137. The molecule has 2 aromatic rings. The number of aliphatic carboxylic acids is 1. The number of hydrogen-bond donors (Lipinski definition) is 3. The van der Waals surface area contributed by atoms with E-state index in [0.717, 1.165) is 5.56 Å². The molecule has 0 aliphatic rings. The van der Waals surface area contributed by atoms with E-state index in [0.29, 0.717) is 30.8 Å². The monoisotopic (exact) mass is 288 g/mol. The topological polar surface area (TPSA) is 108 Å². The quantitative estimate of drug-likeness (QED) is 0.713. The zero-order valence-corrected chi connectivity index (χ0v) is 11.4. The van der Waals surface area contributed by atoms with Gasteiger partial charge in [-0.2, -0.15) is 5.10 Å². The number of aromatic nitrogens is 3. The van der Waals surface area contributed by atoms with Crippen LogP contribution in [0.4, 0.5) is 5.69 Å². The maximum absolute atomic E-state index is 11.8. The molecule has 0 aliphatic carbocycles. The van der Waals surface area contributed by atoms with E-state index in [2.05, 4.69) is 20.5 Å². The number of aromatic amines is 1. The van der Waals surface area contributed by atoms with Crippen LogP contribution in [0.1, 0.15) is 24.2 Å². The molecule has 1 aromatic heterocycles. The summed E-state index contributed by atoms with van der Waals surface area (Å²) in [4.78, 5) is 26.3. The van der Waals surface area contributed by atoms with E-state index in [1.54, 1.807) is 18.2 Å². The van der Waals surface area contributed by atoms with E-state index in [1.165, 1.54) is 6.33 Å². The van der Waals surface area contributed by atoms with Crippen molar-refractivity contribution in [2.75, 3.05) is 5.32 Å². The van der Waals surface area contributed by atoms with Gasteiger partial charge in [0, 0.05) is 24.9 Å².